The van der Waals surface area contributed by atoms with Crippen LogP contribution in [0.3, 0.4) is 0 Å². The van der Waals surface area contributed by atoms with Crippen molar-refractivity contribution < 1.29 is 5.11 Å². The standard InChI is InChI=1S/C12H26N2O/c1-11(2)9-14-6-4-5-12(10-14)13(3)7-8-15/h11-12,15H,4-10H2,1-3H3. The number of piperidine rings is 1. The second-order valence-corrected chi connectivity index (χ2v) is 5.15. The van der Waals surface area contributed by atoms with E-state index in [0.29, 0.717) is 6.04 Å². The van der Waals surface area contributed by atoms with Gasteiger partial charge >= 0.3 is 0 Å². The van der Waals surface area contributed by atoms with Crippen molar-refractivity contribution in [3.8, 4) is 0 Å². The Morgan fingerprint density at radius 1 is 1.47 bits per heavy atom. The molecule has 1 atom stereocenters. The number of likely N-dealkylation sites (N-methyl/N-ethyl adjacent to an activating group) is 1. The van der Waals surface area contributed by atoms with Gasteiger partial charge in [0, 0.05) is 25.7 Å². The van der Waals surface area contributed by atoms with Crippen molar-refractivity contribution in [2.75, 3.05) is 39.8 Å². The molecule has 1 rings (SSSR count). The number of rotatable bonds is 5. The molecule has 1 N–H and O–H groups in total. The third-order valence-corrected chi connectivity index (χ3v) is 3.18. The Bertz CT molecular complexity index is 173. The summed E-state index contributed by atoms with van der Waals surface area (Å²) < 4.78 is 0. The van der Waals surface area contributed by atoms with Crippen LogP contribution in [0, 0.1) is 5.92 Å². The minimum absolute atomic E-state index is 0.275. The molecule has 15 heavy (non-hydrogen) atoms. The quantitative estimate of drug-likeness (QED) is 0.740. The van der Waals surface area contributed by atoms with Gasteiger partial charge in [0.15, 0.2) is 0 Å². The van der Waals surface area contributed by atoms with Gasteiger partial charge in [0.2, 0.25) is 0 Å². The van der Waals surface area contributed by atoms with Gasteiger partial charge in [0.25, 0.3) is 0 Å². The second kappa shape index (κ2) is 6.46. The number of aliphatic hydroxyl groups is 1. The monoisotopic (exact) mass is 214 g/mol. The van der Waals surface area contributed by atoms with Crippen LogP contribution in [0.1, 0.15) is 26.7 Å². The lowest BCUT2D eigenvalue weighted by molar-refractivity contribution is 0.0943. The number of nitrogens with zero attached hydrogens (tertiary/aromatic N) is 2. The van der Waals surface area contributed by atoms with Gasteiger partial charge in [0.1, 0.15) is 0 Å². The summed E-state index contributed by atoms with van der Waals surface area (Å²) in [6.45, 7) is 9.28. The van der Waals surface area contributed by atoms with E-state index in [1.807, 2.05) is 0 Å². The molecule has 0 aromatic heterocycles. The summed E-state index contributed by atoms with van der Waals surface area (Å²) in [5, 5.41) is 8.92. The summed E-state index contributed by atoms with van der Waals surface area (Å²) in [7, 11) is 2.12. The Morgan fingerprint density at radius 2 is 2.20 bits per heavy atom. The number of hydrogen-bond donors (Lipinski definition) is 1. The summed E-state index contributed by atoms with van der Waals surface area (Å²) in [6, 6.07) is 0.643. The van der Waals surface area contributed by atoms with E-state index in [2.05, 4.69) is 30.7 Å². The molecule has 1 heterocycles. The van der Waals surface area contributed by atoms with Gasteiger partial charge in [-0.3, -0.25) is 4.90 Å². The molecule has 1 saturated heterocycles. The van der Waals surface area contributed by atoms with Crippen LogP contribution in [0.25, 0.3) is 0 Å². The highest BCUT2D eigenvalue weighted by atomic mass is 16.3. The molecule has 3 nitrogen and oxygen atoms in total. The van der Waals surface area contributed by atoms with Crippen molar-refractivity contribution in [2.24, 2.45) is 5.92 Å². The van der Waals surface area contributed by atoms with Gasteiger partial charge < -0.3 is 10.0 Å². The molecule has 0 bridgehead atoms. The first-order chi connectivity index (χ1) is 7.13. The van der Waals surface area contributed by atoms with Crippen LogP contribution in [0.2, 0.25) is 0 Å². The Balaban J connectivity index is 2.34. The van der Waals surface area contributed by atoms with E-state index in [9.17, 15) is 0 Å². The molecule has 0 spiro atoms. The van der Waals surface area contributed by atoms with E-state index in [-0.39, 0.29) is 6.61 Å². The van der Waals surface area contributed by atoms with E-state index in [0.717, 1.165) is 12.5 Å². The summed E-state index contributed by atoms with van der Waals surface area (Å²) in [4.78, 5) is 4.86. The molecule has 90 valence electrons. The zero-order valence-electron chi connectivity index (χ0n) is 10.4. The fourth-order valence-corrected chi connectivity index (χ4v) is 2.41. The zero-order valence-corrected chi connectivity index (χ0v) is 10.4. The summed E-state index contributed by atoms with van der Waals surface area (Å²) in [6.07, 6.45) is 2.58. The maximum atomic E-state index is 8.92. The van der Waals surface area contributed by atoms with E-state index in [1.165, 1.54) is 32.5 Å². The maximum absolute atomic E-state index is 8.92. The van der Waals surface area contributed by atoms with Crippen LogP contribution in [-0.4, -0.2) is 60.8 Å². The third kappa shape index (κ3) is 4.49. The molecular weight excluding hydrogens is 188 g/mol. The van der Waals surface area contributed by atoms with Gasteiger partial charge in [-0.05, 0) is 32.4 Å². The smallest absolute Gasteiger partial charge is 0.0558 e. The molecule has 0 amide bonds. The van der Waals surface area contributed by atoms with Crippen molar-refractivity contribution in [1.82, 2.24) is 9.80 Å². The van der Waals surface area contributed by atoms with Crippen LogP contribution in [0.15, 0.2) is 0 Å². The lowest BCUT2D eigenvalue weighted by atomic mass is 10.0. The first-order valence-electron chi connectivity index (χ1n) is 6.17. The van der Waals surface area contributed by atoms with Crippen LogP contribution >= 0.6 is 0 Å². The van der Waals surface area contributed by atoms with Gasteiger partial charge in [-0.15, -0.1) is 0 Å². The average Bonchev–Trinajstić information content (AvgIpc) is 2.17. The first-order valence-corrected chi connectivity index (χ1v) is 6.17. The lowest BCUT2D eigenvalue weighted by Gasteiger charge is -2.38. The highest BCUT2D eigenvalue weighted by Gasteiger charge is 2.22. The van der Waals surface area contributed by atoms with Crippen LogP contribution < -0.4 is 0 Å². The topological polar surface area (TPSA) is 26.7 Å². The van der Waals surface area contributed by atoms with Crippen LogP contribution in [0.4, 0.5) is 0 Å². The number of likely N-dealkylation sites (tertiary alicyclic amines) is 1. The normalized spacial score (nSPS) is 24.0. The minimum atomic E-state index is 0.275. The maximum Gasteiger partial charge on any atom is 0.0558 e. The Kier molecular flexibility index (Phi) is 5.58. The van der Waals surface area contributed by atoms with Crippen molar-refractivity contribution in [3.63, 3.8) is 0 Å². The molecule has 3 heteroatoms. The molecule has 1 unspecified atom stereocenters. The molecule has 1 fully saturated rings. The first kappa shape index (κ1) is 12.9. The summed E-state index contributed by atoms with van der Waals surface area (Å²) >= 11 is 0. The fraction of sp³-hybridized carbons (Fsp3) is 1.00. The van der Waals surface area contributed by atoms with Gasteiger partial charge in [-0.25, -0.2) is 0 Å². The third-order valence-electron chi connectivity index (χ3n) is 3.18. The van der Waals surface area contributed by atoms with Gasteiger partial charge in [-0.2, -0.15) is 0 Å². The second-order valence-electron chi connectivity index (χ2n) is 5.15. The molecule has 0 aromatic rings. The predicted octanol–water partition coefficient (Wildman–Crippen LogP) is 1.03. The van der Waals surface area contributed by atoms with E-state index >= 15 is 0 Å². The van der Waals surface area contributed by atoms with Crippen molar-refractivity contribution in [3.05, 3.63) is 0 Å². The predicted molar refractivity (Wildman–Crippen MR) is 64.0 cm³/mol. The Hall–Kier alpha value is -0.120. The molecule has 0 aromatic carbocycles. The zero-order chi connectivity index (χ0) is 11.3. The van der Waals surface area contributed by atoms with E-state index < -0.39 is 0 Å². The molecule has 1 aliphatic rings. The fourth-order valence-electron chi connectivity index (χ4n) is 2.41. The molecule has 0 radical (unpaired) electrons. The highest BCUT2D eigenvalue weighted by molar-refractivity contribution is 4.79. The van der Waals surface area contributed by atoms with Crippen molar-refractivity contribution in [1.29, 1.82) is 0 Å². The summed E-state index contributed by atoms with van der Waals surface area (Å²) in [5.74, 6) is 0.756. The number of hydrogen-bond acceptors (Lipinski definition) is 3. The minimum Gasteiger partial charge on any atom is -0.395 e. The van der Waals surface area contributed by atoms with Crippen molar-refractivity contribution >= 4 is 0 Å². The average molecular weight is 214 g/mol. The van der Waals surface area contributed by atoms with Crippen LogP contribution in [-0.2, 0) is 0 Å². The lowest BCUT2D eigenvalue weighted by Crippen LogP contribution is -2.48. The molecule has 0 aliphatic carbocycles. The van der Waals surface area contributed by atoms with Gasteiger partial charge in [0.05, 0.1) is 6.61 Å². The largest absolute Gasteiger partial charge is 0.395 e. The number of aliphatic hydroxyl groups excluding tert-OH is 1. The van der Waals surface area contributed by atoms with E-state index in [4.69, 9.17) is 5.11 Å². The van der Waals surface area contributed by atoms with Gasteiger partial charge in [-0.1, -0.05) is 13.8 Å². The SMILES string of the molecule is CC(C)CN1CCCC(N(C)CCO)C1. The Morgan fingerprint density at radius 3 is 2.80 bits per heavy atom. The Labute approximate surface area is 94.1 Å². The molecule has 0 saturated carbocycles. The van der Waals surface area contributed by atoms with Crippen molar-refractivity contribution in [2.45, 2.75) is 32.7 Å². The molecule has 1 aliphatic heterocycles. The summed E-state index contributed by atoms with van der Waals surface area (Å²) in [5.41, 5.74) is 0. The molecular formula is C12H26N2O. The van der Waals surface area contributed by atoms with E-state index in [1.54, 1.807) is 0 Å². The van der Waals surface area contributed by atoms with Crippen LogP contribution in [0.5, 0.6) is 0 Å². The highest BCUT2D eigenvalue weighted by Crippen LogP contribution is 2.15.